The molecule has 1 atom stereocenters. The summed E-state index contributed by atoms with van der Waals surface area (Å²) in [6.07, 6.45) is 0. The molecule has 134 valence electrons. The van der Waals surface area contributed by atoms with Gasteiger partial charge in [0.05, 0.1) is 0 Å². The molecule has 0 aliphatic carbocycles. The van der Waals surface area contributed by atoms with Crippen molar-refractivity contribution in [3.63, 3.8) is 0 Å². The van der Waals surface area contributed by atoms with E-state index >= 15 is 0 Å². The summed E-state index contributed by atoms with van der Waals surface area (Å²) < 4.78 is 5.80. The zero-order chi connectivity index (χ0) is 18.5. The predicted molar refractivity (Wildman–Crippen MR) is 107 cm³/mol. The van der Waals surface area contributed by atoms with Gasteiger partial charge in [-0.3, -0.25) is 4.79 Å². The fourth-order valence-electron chi connectivity index (χ4n) is 2.78. The summed E-state index contributed by atoms with van der Waals surface area (Å²) in [7, 11) is 0. The molecule has 4 rings (SSSR count). The van der Waals surface area contributed by atoms with E-state index in [4.69, 9.17) is 4.42 Å². The van der Waals surface area contributed by atoms with Crippen molar-refractivity contribution in [2.45, 2.75) is 17.0 Å². The van der Waals surface area contributed by atoms with E-state index < -0.39 is 5.25 Å². The van der Waals surface area contributed by atoms with Crippen molar-refractivity contribution in [2.75, 3.05) is 0 Å². The number of para-hydroxylation sites is 2. The molecule has 1 amide bonds. The first-order valence-electron chi connectivity index (χ1n) is 8.68. The Hall–Kier alpha value is -3.05. The topological polar surface area (TPSA) is 55.1 Å². The molecule has 0 aliphatic heterocycles. The van der Waals surface area contributed by atoms with Gasteiger partial charge in [0.25, 0.3) is 5.22 Å². The molecule has 4 nitrogen and oxygen atoms in total. The molecule has 3 aromatic carbocycles. The van der Waals surface area contributed by atoms with E-state index in [0.717, 1.165) is 22.2 Å². The number of oxazole rings is 1. The Balaban J connectivity index is 1.56. The monoisotopic (exact) mass is 374 g/mol. The fraction of sp³-hybridized carbons (Fsp3) is 0.0909. The van der Waals surface area contributed by atoms with Gasteiger partial charge >= 0.3 is 0 Å². The maximum atomic E-state index is 12.9. The minimum absolute atomic E-state index is 0.0719. The zero-order valence-electron chi connectivity index (χ0n) is 14.5. The van der Waals surface area contributed by atoms with E-state index in [9.17, 15) is 4.79 Å². The van der Waals surface area contributed by atoms with Crippen LogP contribution in [0.25, 0.3) is 11.1 Å². The Morgan fingerprint density at radius 2 is 1.59 bits per heavy atom. The highest BCUT2D eigenvalue weighted by Crippen LogP contribution is 2.36. The van der Waals surface area contributed by atoms with Gasteiger partial charge in [0.1, 0.15) is 10.8 Å². The summed E-state index contributed by atoms with van der Waals surface area (Å²) in [6.45, 7) is 0.483. The van der Waals surface area contributed by atoms with Crippen LogP contribution in [0.15, 0.2) is 94.6 Å². The summed E-state index contributed by atoms with van der Waals surface area (Å²) in [5.74, 6) is -0.0719. The Morgan fingerprint density at radius 3 is 2.33 bits per heavy atom. The van der Waals surface area contributed by atoms with Crippen molar-refractivity contribution in [3.05, 3.63) is 96.1 Å². The number of nitrogens with one attached hydrogen (secondary N) is 1. The molecule has 0 radical (unpaired) electrons. The number of rotatable bonds is 6. The van der Waals surface area contributed by atoms with Gasteiger partial charge in [-0.05, 0) is 35.0 Å². The molecule has 1 aromatic heterocycles. The number of amides is 1. The molecule has 0 fully saturated rings. The van der Waals surface area contributed by atoms with Crippen molar-refractivity contribution in [1.82, 2.24) is 10.3 Å². The maximum absolute atomic E-state index is 12.9. The number of carbonyl (C=O) groups excluding carboxylic acids is 1. The quantitative estimate of drug-likeness (QED) is 0.484. The minimum atomic E-state index is -0.442. The number of thioether (sulfide) groups is 1. The second-order valence-corrected chi connectivity index (χ2v) is 7.12. The van der Waals surface area contributed by atoms with Gasteiger partial charge in [0.15, 0.2) is 5.58 Å². The van der Waals surface area contributed by atoms with Crippen molar-refractivity contribution < 1.29 is 9.21 Å². The Kier molecular flexibility index (Phi) is 5.21. The molecule has 1 N–H and O–H groups in total. The van der Waals surface area contributed by atoms with Crippen LogP contribution < -0.4 is 5.32 Å². The van der Waals surface area contributed by atoms with Crippen LogP contribution in [0.5, 0.6) is 0 Å². The number of fused-ring (bicyclic) bond motifs is 1. The van der Waals surface area contributed by atoms with Crippen LogP contribution in [0, 0.1) is 0 Å². The average Bonchev–Trinajstić information content (AvgIpc) is 3.14. The lowest BCUT2D eigenvalue weighted by Crippen LogP contribution is -2.27. The van der Waals surface area contributed by atoms with Gasteiger partial charge in [-0.25, -0.2) is 4.98 Å². The smallest absolute Gasteiger partial charge is 0.257 e. The third kappa shape index (κ3) is 4.20. The molecule has 0 bridgehead atoms. The summed E-state index contributed by atoms with van der Waals surface area (Å²) >= 11 is 1.32. The highest BCUT2D eigenvalue weighted by Gasteiger charge is 2.24. The molecule has 1 heterocycles. The highest BCUT2D eigenvalue weighted by atomic mass is 32.2. The summed E-state index contributed by atoms with van der Waals surface area (Å²) in [4.78, 5) is 17.4. The molecule has 27 heavy (non-hydrogen) atoms. The zero-order valence-corrected chi connectivity index (χ0v) is 15.4. The molecule has 5 heteroatoms. The second-order valence-electron chi connectivity index (χ2n) is 6.06. The standard InChI is InChI=1S/C22H18N2O2S/c25-21(23-15-16-9-3-1-4-10-16)20(17-11-5-2-6-12-17)27-22-24-18-13-7-8-14-19(18)26-22/h1-14,20H,15H2,(H,23,25)/t20-/m0/s1. The van der Waals surface area contributed by atoms with Gasteiger partial charge in [-0.1, -0.05) is 72.8 Å². The average molecular weight is 374 g/mol. The molecule has 0 unspecified atom stereocenters. The third-order valence-corrected chi connectivity index (χ3v) is 5.24. The SMILES string of the molecule is O=C(NCc1ccccc1)[C@@H](Sc1nc2ccccc2o1)c1ccccc1. The number of hydrogen-bond donors (Lipinski definition) is 1. The first-order chi connectivity index (χ1) is 13.3. The van der Waals surface area contributed by atoms with Crippen molar-refractivity contribution in [2.24, 2.45) is 0 Å². The molecule has 0 aliphatic rings. The summed E-state index contributed by atoms with van der Waals surface area (Å²) in [5.41, 5.74) is 3.48. The molecule has 0 saturated heterocycles. The van der Waals surface area contributed by atoms with E-state index in [2.05, 4.69) is 10.3 Å². The van der Waals surface area contributed by atoms with Crippen molar-refractivity contribution in [1.29, 1.82) is 0 Å². The lowest BCUT2D eigenvalue weighted by molar-refractivity contribution is -0.120. The molecular weight excluding hydrogens is 356 g/mol. The molecule has 4 aromatic rings. The number of carbonyl (C=O) groups is 1. The van der Waals surface area contributed by atoms with Crippen LogP contribution >= 0.6 is 11.8 Å². The Morgan fingerprint density at radius 1 is 0.926 bits per heavy atom. The largest absolute Gasteiger partial charge is 0.431 e. The van der Waals surface area contributed by atoms with Crippen LogP contribution in [-0.4, -0.2) is 10.9 Å². The van der Waals surface area contributed by atoms with Crippen LogP contribution in [-0.2, 0) is 11.3 Å². The van der Waals surface area contributed by atoms with Gasteiger partial charge < -0.3 is 9.73 Å². The van der Waals surface area contributed by atoms with Crippen molar-refractivity contribution >= 4 is 28.8 Å². The van der Waals surface area contributed by atoms with Crippen LogP contribution in [0.1, 0.15) is 16.4 Å². The van der Waals surface area contributed by atoms with E-state index in [1.807, 2.05) is 84.9 Å². The number of benzene rings is 3. The number of nitrogens with zero attached hydrogens (tertiary/aromatic N) is 1. The minimum Gasteiger partial charge on any atom is -0.431 e. The fourth-order valence-corrected chi connectivity index (χ4v) is 3.75. The lowest BCUT2D eigenvalue weighted by atomic mass is 10.1. The molecular formula is C22H18N2O2S. The summed E-state index contributed by atoms with van der Waals surface area (Å²) in [6, 6.07) is 27.2. The van der Waals surface area contributed by atoms with E-state index in [-0.39, 0.29) is 5.91 Å². The van der Waals surface area contributed by atoms with E-state index in [0.29, 0.717) is 11.8 Å². The normalized spacial score (nSPS) is 12.0. The first kappa shape index (κ1) is 17.4. The Bertz CT molecular complexity index is 999. The predicted octanol–water partition coefficient (Wildman–Crippen LogP) is 4.98. The highest BCUT2D eigenvalue weighted by molar-refractivity contribution is 8.00. The van der Waals surface area contributed by atoms with Gasteiger partial charge in [-0.2, -0.15) is 0 Å². The number of aromatic nitrogens is 1. The third-order valence-electron chi connectivity index (χ3n) is 4.14. The van der Waals surface area contributed by atoms with E-state index in [1.165, 1.54) is 11.8 Å². The second kappa shape index (κ2) is 8.10. The van der Waals surface area contributed by atoms with Gasteiger partial charge in [0, 0.05) is 6.54 Å². The summed E-state index contributed by atoms with van der Waals surface area (Å²) in [5, 5.41) is 3.07. The van der Waals surface area contributed by atoms with E-state index in [1.54, 1.807) is 0 Å². The van der Waals surface area contributed by atoms with Crippen molar-refractivity contribution in [3.8, 4) is 0 Å². The van der Waals surface area contributed by atoms with Crippen LogP contribution in [0.2, 0.25) is 0 Å². The lowest BCUT2D eigenvalue weighted by Gasteiger charge is -2.15. The van der Waals surface area contributed by atoms with Gasteiger partial charge in [-0.15, -0.1) is 0 Å². The number of hydrogen-bond acceptors (Lipinski definition) is 4. The molecule has 0 saturated carbocycles. The first-order valence-corrected chi connectivity index (χ1v) is 9.56. The Labute approximate surface area is 161 Å². The van der Waals surface area contributed by atoms with Crippen LogP contribution in [0.3, 0.4) is 0 Å². The van der Waals surface area contributed by atoms with Gasteiger partial charge in [0.2, 0.25) is 5.91 Å². The van der Waals surface area contributed by atoms with Crippen LogP contribution in [0.4, 0.5) is 0 Å². The molecule has 0 spiro atoms. The maximum Gasteiger partial charge on any atom is 0.257 e.